The van der Waals surface area contributed by atoms with Crippen molar-refractivity contribution >= 4 is 11.9 Å². The van der Waals surface area contributed by atoms with Gasteiger partial charge in [0.05, 0.1) is 6.54 Å². The lowest BCUT2D eigenvalue weighted by atomic mass is 10.2. The molecule has 1 aromatic carbocycles. The lowest BCUT2D eigenvalue weighted by molar-refractivity contribution is -0.130. The minimum absolute atomic E-state index is 0.0186. The summed E-state index contributed by atoms with van der Waals surface area (Å²) in [6.07, 6.45) is 1.78. The van der Waals surface area contributed by atoms with Crippen LogP contribution in [-0.4, -0.2) is 36.5 Å². The Balaban J connectivity index is 2.32. The summed E-state index contributed by atoms with van der Waals surface area (Å²) >= 11 is 0. The average molecular weight is 309 g/mol. The van der Waals surface area contributed by atoms with Crippen molar-refractivity contribution < 1.29 is 14.0 Å². The van der Waals surface area contributed by atoms with Gasteiger partial charge in [-0.05, 0) is 30.5 Å². The van der Waals surface area contributed by atoms with Gasteiger partial charge in [0.1, 0.15) is 5.82 Å². The van der Waals surface area contributed by atoms with Gasteiger partial charge in [-0.1, -0.05) is 26.0 Å². The Bertz CT molecular complexity index is 471. The first-order valence-electron chi connectivity index (χ1n) is 7.60. The van der Waals surface area contributed by atoms with Crippen molar-refractivity contribution in [3.8, 4) is 0 Å². The third-order valence-electron chi connectivity index (χ3n) is 3.11. The minimum Gasteiger partial charge on any atom is -0.341 e. The third kappa shape index (κ3) is 6.56. The van der Waals surface area contributed by atoms with Gasteiger partial charge in [-0.2, -0.15) is 0 Å². The number of halogens is 1. The molecule has 0 aliphatic rings. The zero-order chi connectivity index (χ0) is 16.4. The molecule has 0 saturated carbocycles. The molecule has 5 nitrogen and oxygen atoms in total. The Morgan fingerprint density at radius 2 is 1.64 bits per heavy atom. The van der Waals surface area contributed by atoms with Crippen molar-refractivity contribution in [2.24, 2.45) is 0 Å². The highest BCUT2D eigenvalue weighted by molar-refractivity contribution is 5.83. The van der Waals surface area contributed by atoms with Gasteiger partial charge < -0.3 is 15.5 Å². The zero-order valence-corrected chi connectivity index (χ0v) is 13.2. The van der Waals surface area contributed by atoms with Crippen molar-refractivity contribution in [1.82, 2.24) is 15.5 Å². The molecule has 0 saturated heterocycles. The van der Waals surface area contributed by atoms with E-state index in [9.17, 15) is 14.0 Å². The predicted octanol–water partition coefficient (Wildman–Crippen LogP) is 2.27. The van der Waals surface area contributed by atoms with E-state index >= 15 is 0 Å². The number of amides is 3. The van der Waals surface area contributed by atoms with Crippen LogP contribution in [-0.2, 0) is 11.3 Å². The topological polar surface area (TPSA) is 61.4 Å². The molecule has 0 bridgehead atoms. The fourth-order valence-corrected chi connectivity index (χ4v) is 2.02. The van der Waals surface area contributed by atoms with E-state index in [1.807, 2.05) is 13.8 Å². The standard InChI is InChI=1S/C16H24FN3O2/c1-3-9-20(10-4-2)15(21)12-19-16(22)18-11-13-5-7-14(17)8-6-13/h5-8H,3-4,9-12H2,1-2H3,(H2,18,19,22). The molecule has 0 fully saturated rings. The lowest BCUT2D eigenvalue weighted by Crippen LogP contribution is -2.44. The van der Waals surface area contributed by atoms with Gasteiger partial charge >= 0.3 is 6.03 Å². The normalized spacial score (nSPS) is 10.1. The van der Waals surface area contributed by atoms with Crippen molar-refractivity contribution in [2.75, 3.05) is 19.6 Å². The second-order valence-corrected chi connectivity index (χ2v) is 5.04. The maximum absolute atomic E-state index is 12.8. The second kappa shape index (κ2) is 9.76. The number of carbonyl (C=O) groups excluding carboxylic acids is 2. The number of hydrogen-bond donors (Lipinski definition) is 2. The summed E-state index contributed by atoms with van der Waals surface area (Å²) in [4.78, 5) is 25.4. The van der Waals surface area contributed by atoms with Gasteiger partial charge in [-0.25, -0.2) is 9.18 Å². The number of hydrogen-bond acceptors (Lipinski definition) is 2. The Morgan fingerprint density at radius 3 is 2.18 bits per heavy atom. The number of carbonyl (C=O) groups is 2. The van der Waals surface area contributed by atoms with E-state index in [1.54, 1.807) is 17.0 Å². The smallest absolute Gasteiger partial charge is 0.315 e. The molecule has 0 unspecified atom stereocenters. The van der Waals surface area contributed by atoms with E-state index in [1.165, 1.54) is 12.1 Å². The molecule has 6 heteroatoms. The Morgan fingerprint density at radius 1 is 1.05 bits per heavy atom. The van der Waals surface area contributed by atoms with E-state index < -0.39 is 6.03 Å². The maximum Gasteiger partial charge on any atom is 0.315 e. The number of rotatable bonds is 8. The molecule has 0 radical (unpaired) electrons. The SMILES string of the molecule is CCCN(CCC)C(=O)CNC(=O)NCc1ccc(F)cc1. The summed E-state index contributed by atoms with van der Waals surface area (Å²) in [5, 5.41) is 5.18. The van der Waals surface area contributed by atoms with Crippen LogP contribution in [0.4, 0.5) is 9.18 Å². The van der Waals surface area contributed by atoms with Crippen LogP contribution in [0.3, 0.4) is 0 Å². The number of urea groups is 1. The van der Waals surface area contributed by atoms with Crippen LogP contribution in [0, 0.1) is 5.82 Å². The molecule has 0 atom stereocenters. The summed E-state index contributed by atoms with van der Waals surface area (Å²) in [5.41, 5.74) is 0.793. The van der Waals surface area contributed by atoms with Gasteiger partial charge in [-0.15, -0.1) is 0 Å². The summed E-state index contributed by atoms with van der Waals surface area (Å²) in [7, 11) is 0. The Kier molecular flexibility index (Phi) is 7.96. The van der Waals surface area contributed by atoms with Gasteiger partial charge in [0.15, 0.2) is 0 Å². The minimum atomic E-state index is -0.411. The quantitative estimate of drug-likeness (QED) is 0.774. The summed E-state index contributed by atoms with van der Waals surface area (Å²) in [5.74, 6) is -0.397. The van der Waals surface area contributed by atoms with Crippen molar-refractivity contribution in [3.63, 3.8) is 0 Å². The highest BCUT2D eigenvalue weighted by Gasteiger charge is 2.12. The number of benzene rings is 1. The second-order valence-electron chi connectivity index (χ2n) is 5.04. The largest absolute Gasteiger partial charge is 0.341 e. The summed E-state index contributed by atoms with van der Waals surface area (Å²) in [6, 6.07) is 5.47. The van der Waals surface area contributed by atoms with Gasteiger partial charge in [0, 0.05) is 19.6 Å². The van der Waals surface area contributed by atoms with Crippen LogP contribution < -0.4 is 10.6 Å². The maximum atomic E-state index is 12.8. The lowest BCUT2D eigenvalue weighted by Gasteiger charge is -2.21. The molecule has 2 N–H and O–H groups in total. The molecule has 122 valence electrons. The third-order valence-corrected chi connectivity index (χ3v) is 3.11. The molecule has 0 heterocycles. The first kappa shape index (κ1) is 17.9. The van der Waals surface area contributed by atoms with Crippen LogP contribution in [0.15, 0.2) is 24.3 Å². The fraction of sp³-hybridized carbons (Fsp3) is 0.500. The van der Waals surface area contributed by atoms with Gasteiger partial charge in [-0.3, -0.25) is 4.79 Å². The van der Waals surface area contributed by atoms with Crippen molar-refractivity contribution in [3.05, 3.63) is 35.6 Å². The monoisotopic (exact) mass is 309 g/mol. The van der Waals surface area contributed by atoms with Crippen molar-refractivity contribution in [1.29, 1.82) is 0 Å². The molecule has 3 amide bonds. The number of nitrogens with one attached hydrogen (secondary N) is 2. The highest BCUT2D eigenvalue weighted by Crippen LogP contribution is 2.01. The van der Waals surface area contributed by atoms with E-state index in [2.05, 4.69) is 10.6 Å². The molecule has 0 aliphatic carbocycles. The first-order valence-corrected chi connectivity index (χ1v) is 7.60. The summed E-state index contributed by atoms with van der Waals surface area (Å²) < 4.78 is 12.8. The van der Waals surface area contributed by atoms with Crippen LogP contribution in [0.5, 0.6) is 0 Å². The molecule has 22 heavy (non-hydrogen) atoms. The van der Waals surface area contributed by atoms with Gasteiger partial charge in [0.2, 0.25) is 5.91 Å². The molecule has 0 aromatic heterocycles. The molecular weight excluding hydrogens is 285 g/mol. The van der Waals surface area contributed by atoms with E-state index in [-0.39, 0.29) is 24.8 Å². The Labute approximate surface area is 130 Å². The molecule has 1 aromatic rings. The van der Waals surface area contributed by atoms with Crippen LogP contribution in [0.2, 0.25) is 0 Å². The Hall–Kier alpha value is -2.11. The molecular formula is C16H24FN3O2. The molecule has 0 spiro atoms. The average Bonchev–Trinajstić information content (AvgIpc) is 2.52. The predicted molar refractivity (Wildman–Crippen MR) is 83.8 cm³/mol. The van der Waals surface area contributed by atoms with Gasteiger partial charge in [0.25, 0.3) is 0 Å². The van der Waals surface area contributed by atoms with Crippen LogP contribution in [0.1, 0.15) is 32.3 Å². The van der Waals surface area contributed by atoms with Crippen LogP contribution >= 0.6 is 0 Å². The van der Waals surface area contributed by atoms with E-state index in [0.717, 1.165) is 18.4 Å². The highest BCUT2D eigenvalue weighted by atomic mass is 19.1. The number of nitrogens with zero attached hydrogens (tertiary/aromatic N) is 1. The zero-order valence-electron chi connectivity index (χ0n) is 13.2. The fourth-order valence-electron chi connectivity index (χ4n) is 2.02. The molecule has 0 aliphatic heterocycles. The van der Waals surface area contributed by atoms with Crippen LogP contribution in [0.25, 0.3) is 0 Å². The first-order chi connectivity index (χ1) is 10.6. The summed E-state index contributed by atoms with van der Waals surface area (Å²) in [6.45, 7) is 5.69. The van der Waals surface area contributed by atoms with E-state index in [0.29, 0.717) is 13.1 Å². The molecule has 1 rings (SSSR count). The van der Waals surface area contributed by atoms with E-state index in [4.69, 9.17) is 0 Å². The van der Waals surface area contributed by atoms with Crippen molar-refractivity contribution in [2.45, 2.75) is 33.2 Å².